The lowest BCUT2D eigenvalue weighted by Gasteiger charge is -2.08. The summed E-state index contributed by atoms with van der Waals surface area (Å²) in [5.41, 5.74) is 22.9. The maximum Gasteiger partial charge on any atom is 0.416 e. The Morgan fingerprint density at radius 3 is 0.924 bits per heavy atom. The number of thioether (sulfide) groups is 1. The first-order chi connectivity index (χ1) is 70.2. The van der Waals surface area contributed by atoms with Gasteiger partial charge >= 0.3 is 6.18 Å². The molecule has 696 valence electrons. The van der Waals surface area contributed by atoms with Gasteiger partial charge in [0.15, 0.2) is 0 Å². The number of hydrogen-bond donors (Lipinski definition) is 7. The number of H-pyrrole nitrogens is 6. The van der Waals surface area contributed by atoms with Crippen LogP contribution in [0.4, 0.5) is 17.6 Å². The first kappa shape index (κ1) is 93.6. The van der Waals surface area contributed by atoms with Crippen LogP contribution in [0.25, 0.3) is 198 Å². The topological polar surface area (TPSA) is 440 Å². The lowest BCUT2D eigenvalue weighted by molar-refractivity contribution is -0.137. The van der Waals surface area contributed by atoms with E-state index >= 15 is 0 Å². The van der Waals surface area contributed by atoms with Gasteiger partial charge in [-0.2, -0.15) is 44.7 Å². The minimum atomic E-state index is -4.36. The second-order valence-electron chi connectivity index (χ2n) is 32.4. The summed E-state index contributed by atoms with van der Waals surface area (Å²) < 4.78 is 67.7. The molecule has 18 aromatic heterocycles. The number of nitrogens with zero attached hydrogens (tertiary/aromatic N) is 18. The third kappa shape index (κ3) is 19.5. The van der Waals surface area contributed by atoms with Crippen molar-refractivity contribution in [1.82, 2.24) is 89.7 Å². The molecule has 0 amide bonds. The zero-order valence-electron chi connectivity index (χ0n) is 76.2. The van der Waals surface area contributed by atoms with Crippen LogP contribution in [0.5, 0.6) is 17.2 Å². The van der Waals surface area contributed by atoms with Crippen LogP contribution in [-0.2, 0) is 12.8 Å². The van der Waals surface area contributed by atoms with Crippen molar-refractivity contribution in [3.8, 4) is 120 Å². The Bertz CT molecular complexity index is 9220. The predicted octanol–water partition coefficient (Wildman–Crippen LogP) is 24.7. The van der Waals surface area contributed by atoms with Crippen molar-refractivity contribution in [2.75, 3.05) is 26.6 Å². The number of methoxy groups -OCH3 is 1. The number of ether oxygens (including phenoxy) is 3. The van der Waals surface area contributed by atoms with Crippen LogP contribution in [0.3, 0.4) is 0 Å². The van der Waals surface area contributed by atoms with Gasteiger partial charge < -0.3 is 49.2 Å². The molecule has 0 radical (unpaired) electrons. The van der Waals surface area contributed by atoms with E-state index in [1.807, 2.05) is 130 Å². The average Bonchev–Trinajstić information content (AvgIpc) is 1.63. The second-order valence-corrected chi connectivity index (χ2v) is 33.7. The van der Waals surface area contributed by atoms with Gasteiger partial charge in [0.2, 0.25) is 0 Å². The quantitative estimate of drug-likeness (QED) is 0.0416. The van der Waals surface area contributed by atoms with Crippen LogP contribution in [0.15, 0.2) is 286 Å². The predicted molar refractivity (Wildman–Crippen MR) is 546 cm³/mol. The number of benzene rings is 6. The second kappa shape index (κ2) is 40.7. The highest BCUT2D eigenvalue weighted by atomic mass is 35.5. The van der Waals surface area contributed by atoms with Gasteiger partial charge in [0, 0.05) is 152 Å². The SMILES string of the molecule is CCOc1ccc(-c2cnc3[nH]c4cnc(C#N)cc4c3c2)cc1.CCOc1ccc(-c2cnc3[nH]c4cnc(C#N)cc4c3c2)cc1Cl.COc1cc(F)ccc1-c1cnc2[nH]c3cnc(C#N)cc3c2c1.CSc1ccc(-c2cnc3[nH]c4cnc(C#N)cc4c3c2)cc1.N#Cc1cc2c(cn1)[nH]c1ncc(-c3ccc(C(F)(F)F)cc3)cc12.N#Cc1cc2c(cn1)[nH]c1ncc(-c3ccc(CO)cc3)cc12. The molecular formula is C110H71ClF4N24O4S. The number of pyridine rings is 12. The molecule has 0 atom stereocenters. The summed E-state index contributed by atoms with van der Waals surface area (Å²) in [5, 5.41) is 74.9. The Balaban J connectivity index is 0.000000109. The fourth-order valence-electron chi connectivity index (χ4n) is 16.6. The molecule has 0 bridgehead atoms. The number of fused-ring (bicyclic) bond motifs is 18. The number of hydrogen-bond acceptors (Lipinski definition) is 23. The Hall–Kier alpha value is -19.4. The number of aliphatic hydroxyl groups excluding tert-OH is 1. The van der Waals surface area contributed by atoms with Crippen molar-refractivity contribution in [3.05, 3.63) is 337 Å². The lowest BCUT2D eigenvalue weighted by atomic mass is 10.0. The summed E-state index contributed by atoms with van der Waals surface area (Å²) in [4.78, 5) is 71.6. The van der Waals surface area contributed by atoms with Crippen molar-refractivity contribution in [3.63, 3.8) is 0 Å². The highest BCUT2D eigenvalue weighted by Gasteiger charge is 2.30. The number of rotatable bonds is 13. The highest BCUT2D eigenvalue weighted by molar-refractivity contribution is 7.98. The van der Waals surface area contributed by atoms with Gasteiger partial charge in [-0.05, 0) is 187 Å². The maximum atomic E-state index is 13.4. The van der Waals surface area contributed by atoms with Gasteiger partial charge in [-0.1, -0.05) is 78.3 Å². The molecule has 0 unspecified atom stereocenters. The minimum absolute atomic E-state index is 0.0317. The van der Waals surface area contributed by atoms with Crippen molar-refractivity contribution in [2.45, 2.75) is 31.5 Å². The molecule has 6 aromatic carbocycles. The van der Waals surface area contributed by atoms with Crippen molar-refractivity contribution >= 4 is 155 Å². The number of aromatic nitrogens is 18. The van der Waals surface area contributed by atoms with Crippen LogP contribution in [0, 0.1) is 73.8 Å². The van der Waals surface area contributed by atoms with E-state index in [4.69, 9.17) is 62.5 Å². The number of alkyl halides is 3. The maximum absolute atomic E-state index is 13.4. The zero-order valence-corrected chi connectivity index (χ0v) is 77.8. The van der Waals surface area contributed by atoms with Gasteiger partial charge in [0.05, 0.1) is 108 Å². The summed E-state index contributed by atoms with van der Waals surface area (Å²) in [5.74, 6) is 1.60. The number of nitriles is 6. The monoisotopic (exact) mass is 1930 g/mol. The lowest BCUT2D eigenvalue weighted by Crippen LogP contribution is -2.03. The van der Waals surface area contributed by atoms with Crippen LogP contribution < -0.4 is 14.2 Å². The number of nitrogens with one attached hydrogen (secondary N) is 6. The molecule has 34 heteroatoms. The van der Waals surface area contributed by atoms with Gasteiger partial charge in [0.1, 0.15) is 128 Å². The van der Waals surface area contributed by atoms with Crippen molar-refractivity contribution < 1.29 is 36.9 Å². The van der Waals surface area contributed by atoms with E-state index < -0.39 is 11.7 Å². The van der Waals surface area contributed by atoms with Gasteiger partial charge in [0.25, 0.3) is 0 Å². The molecule has 18 heterocycles. The molecule has 0 spiro atoms. The summed E-state index contributed by atoms with van der Waals surface area (Å²) in [7, 11) is 1.50. The third-order valence-electron chi connectivity index (χ3n) is 23.7. The molecule has 0 fully saturated rings. The van der Waals surface area contributed by atoms with Crippen LogP contribution in [0.2, 0.25) is 5.02 Å². The molecule has 24 rings (SSSR count). The summed E-state index contributed by atoms with van der Waals surface area (Å²) in [6.45, 7) is 5.13. The Morgan fingerprint density at radius 2 is 0.625 bits per heavy atom. The largest absolute Gasteiger partial charge is 0.496 e. The van der Waals surface area contributed by atoms with Gasteiger partial charge in [-0.3, -0.25) is 0 Å². The molecule has 0 saturated heterocycles. The fourth-order valence-corrected chi connectivity index (χ4v) is 17.2. The molecule has 0 aliphatic rings. The molecule has 0 aliphatic heterocycles. The van der Waals surface area contributed by atoms with Crippen molar-refractivity contribution in [1.29, 1.82) is 31.6 Å². The standard InChI is InChI=1S/C19H13ClN4O.C19H14N4O.C18H9F3N4.C18H11FN4O.C18H12N4O.C18H12N4S/c1-2-25-18-4-3-11(6-16(18)20)12-5-15-14-7-13(8-21)22-10-17(14)24-19(15)23-9-12;1-2-24-15-5-3-12(4-6-15)13-7-17-16-8-14(9-20)21-11-18(16)23-19(17)22-10-13;19-18(20,21)12-3-1-10(2-4-12)11-5-15-14-6-13(7-22)23-9-16(14)25-17(15)24-8-11;1-24-17-5-11(19)2-3-13(17)10-4-15-14-6-12(7-20)21-9-16(14)23-18(15)22-8-10;19-7-14-6-15-16-5-13(12-3-1-11(10-23)2-4-12)8-21-18(16)22-17(15)9-20-14;1-23-14-4-2-11(3-5-14)12-6-16-15-7-13(8-19)20-10-17(15)22-18(16)21-9-12/h3-7,9-10H,2H2,1H3,(H,23,24);3-8,10-11H,2H2,1H3,(H,22,23);1-6,8-9H,(H,24,25);2-6,8-9H,1H3,(H,22,23);1-6,8-9,23H,10H2,(H,21,22);2-7,9-10H,1H3,(H,21,22). The van der Waals surface area contributed by atoms with Gasteiger partial charge in [-0.25, -0.2) is 64.2 Å². The van der Waals surface area contributed by atoms with E-state index in [-0.39, 0.29) is 18.1 Å². The molecule has 144 heavy (non-hydrogen) atoms. The highest BCUT2D eigenvalue weighted by Crippen LogP contribution is 2.41. The van der Waals surface area contributed by atoms with Crippen LogP contribution in [-0.4, -0.2) is 121 Å². The molecule has 28 nitrogen and oxygen atoms in total. The van der Waals surface area contributed by atoms with E-state index in [1.165, 1.54) is 36.3 Å². The van der Waals surface area contributed by atoms with E-state index in [9.17, 15) is 17.6 Å². The Morgan fingerprint density at radius 1 is 0.326 bits per heavy atom. The molecule has 0 aliphatic carbocycles. The van der Waals surface area contributed by atoms with Crippen LogP contribution >= 0.6 is 23.4 Å². The van der Waals surface area contributed by atoms with E-state index in [0.29, 0.717) is 80.6 Å². The van der Waals surface area contributed by atoms with Gasteiger partial charge in [-0.15, -0.1) is 11.8 Å². The summed E-state index contributed by atoms with van der Waals surface area (Å²) in [6.07, 6.45) is 18.2. The fraction of sp³-hybridized carbons (Fsp3) is 0.0727. The number of aliphatic hydroxyl groups is 1. The number of aromatic amines is 6. The normalized spacial score (nSPS) is 11.1. The third-order valence-corrected chi connectivity index (χ3v) is 24.7. The molecule has 0 saturated carbocycles. The van der Waals surface area contributed by atoms with E-state index in [1.54, 1.807) is 110 Å². The smallest absolute Gasteiger partial charge is 0.416 e. The Labute approximate surface area is 823 Å². The molecule has 7 N–H and O–H groups in total. The molecule has 24 aromatic rings. The minimum Gasteiger partial charge on any atom is -0.496 e. The zero-order chi connectivity index (χ0) is 99.8. The Kier molecular flexibility index (Phi) is 26.5. The number of halogens is 5. The molecular weight excluding hydrogens is 1860 g/mol. The summed E-state index contributed by atoms with van der Waals surface area (Å²) in [6, 6.07) is 74.0. The van der Waals surface area contributed by atoms with Crippen LogP contribution in [0.1, 0.15) is 59.1 Å². The first-order valence-electron chi connectivity index (χ1n) is 44.3. The first-order valence-corrected chi connectivity index (χ1v) is 45.9. The average molecular weight is 1940 g/mol. The summed E-state index contributed by atoms with van der Waals surface area (Å²) >= 11 is 8.02. The van der Waals surface area contributed by atoms with E-state index in [0.717, 1.165) is 199 Å². The van der Waals surface area contributed by atoms with Crippen molar-refractivity contribution in [2.24, 2.45) is 0 Å². The van der Waals surface area contributed by atoms with E-state index in [2.05, 4.69) is 163 Å².